The Kier molecular flexibility index (Phi) is 3.48. The van der Waals surface area contributed by atoms with Gasteiger partial charge in [0.15, 0.2) is 17.4 Å². The second kappa shape index (κ2) is 5.44. The van der Waals surface area contributed by atoms with Crippen LogP contribution in [0.15, 0.2) is 60.7 Å². The van der Waals surface area contributed by atoms with Crippen molar-refractivity contribution in [1.82, 2.24) is 0 Å². The van der Waals surface area contributed by atoms with E-state index in [1.807, 2.05) is 36.4 Å². The predicted molar refractivity (Wildman–Crippen MR) is 78.3 cm³/mol. The molecule has 3 rings (SSSR count). The first-order chi connectivity index (χ1) is 10.1. The van der Waals surface area contributed by atoms with Crippen LogP contribution in [0.3, 0.4) is 0 Å². The first-order valence-corrected chi connectivity index (χ1v) is 6.59. The molecule has 3 heteroatoms. The Morgan fingerprint density at radius 2 is 1.57 bits per heavy atom. The minimum absolute atomic E-state index is 0.0511. The highest BCUT2D eigenvalue weighted by Gasteiger charge is 2.10. The predicted octanol–water partition coefficient (Wildman–Crippen LogP) is 4.54. The Balaban J connectivity index is 1.87. The highest BCUT2D eigenvalue weighted by Crippen LogP contribution is 2.18. The van der Waals surface area contributed by atoms with Crippen molar-refractivity contribution in [3.05, 3.63) is 83.4 Å². The van der Waals surface area contributed by atoms with E-state index >= 15 is 0 Å². The van der Waals surface area contributed by atoms with Gasteiger partial charge in [-0.25, -0.2) is 8.78 Å². The maximum Gasteiger partial charge on any atom is 0.167 e. The van der Waals surface area contributed by atoms with Gasteiger partial charge in [-0.15, -0.1) is 0 Å². The molecule has 0 fully saturated rings. The van der Waals surface area contributed by atoms with Crippen LogP contribution in [-0.4, -0.2) is 5.78 Å². The molecule has 0 aromatic heterocycles. The lowest BCUT2D eigenvalue weighted by molar-refractivity contribution is 0.0993. The number of carbonyl (C=O) groups excluding carboxylic acids is 1. The lowest BCUT2D eigenvalue weighted by Crippen LogP contribution is -2.04. The molecule has 0 atom stereocenters. The summed E-state index contributed by atoms with van der Waals surface area (Å²) in [7, 11) is 0. The normalized spacial score (nSPS) is 10.8. The summed E-state index contributed by atoms with van der Waals surface area (Å²) in [6.07, 6.45) is 0.0511. The van der Waals surface area contributed by atoms with Crippen molar-refractivity contribution < 1.29 is 13.6 Å². The van der Waals surface area contributed by atoms with Gasteiger partial charge >= 0.3 is 0 Å². The van der Waals surface area contributed by atoms with Crippen LogP contribution in [0.5, 0.6) is 0 Å². The van der Waals surface area contributed by atoms with Crippen molar-refractivity contribution in [1.29, 1.82) is 0 Å². The topological polar surface area (TPSA) is 17.1 Å². The van der Waals surface area contributed by atoms with Crippen molar-refractivity contribution in [2.24, 2.45) is 0 Å². The molecule has 0 aliphatic heterocycles. The lowest BCUT2D eigenvalue weighted by Gasteiger charge is -2.04. The van der Waals surface area contributed by atoms with E-state index in [0.29, 0.717) is 11.1 Å². The number of ketones is 1. The molecule has 3 aromatic rings. The molecule has 0 N–H and O–H groups in total. The third-order valence-corrected chi connectivity index (χ3v) is 3.42. The maximum absolute atomic E-state index is 13.2. The van der Waals surface area contributed by atoms with E-state index in [1.165, 1.54) is 6.07 Å². The SMILES string of the molecule is O=C(Cc1ccc(F)c(F)c1)c1ccc2ccccc2c1. The number of hydrogen-bond donors (Lipinski definition) is 0. The zero-order chi connectivity index (χ0) is 14.8. The summed E-state index contributed by atoms with van der Waals surface area (Å²) in [5, 5.41) is 2.04. The van der Waals surface area contributed by atoms with Gasteiger partial charge in [-0.2, -0.15) is 0 Å². The Hall–Kier alpha value is -2.55. The average molecular weight is 282 g/mol. The van der Waals surface area contributed by atoms with Gasteiger partial charge in [0.1, 0.15) is 0 Å². The summed E-state index contributed by atoms with van der Waals surface area (Å²) in [5.41, 5.74) is 1.03. The number of hydrogen-bond acceptors (Lipinski definition) is 1. The molecular formula is C18H12F2O. The van der Waals surface area contributed by atoms with E-state index in [-0.39, 0.29) is 12.2 Å². The number of halogens is 2. The van der Waals surface area contributed by atoms with E-state index < -0.39 is 11.6 Å². The van der Waals surface area contributed by atoms with Gasteiger partial charge in [-0.3, -0.25) is 4.79 Å². The van der Waals surface area contributed by atoms with Crippen molar-refractivity contribution in [2.75, 3.05) is 0 Å². The number of Topliss-reactive ketones (excluding diaryl/α,β-unsaturated/α-hetero) is 1. The molecule has 0 bridgehead atoms. The Morgan fingerprint density at radius 3 is 2.33 bits per heavy atom. The second-order valence-corrected chi connectivity index (χ2v) is 4.91. The Bertz CT molecular complexity index is 824. The van der Waals surface area contributed by atoms with Crippen molar-refractivity contribution in [3.8, 4) is 0 Å². The van der Waals surface area contributed by atoms with E-state index in [0.717, 1.165) is 22.9 Å². The molecule has 0 aliphatic carbocycles. The number of rotatable bonds is 3. The van der Waals surface area contributed by atoms with Gasteiger partial charge in [0.25, 0.3) is 0 Å². The van der Waals surface area contributed by atoms with Gasteiger partial charge in [0.05, 0.1) is 0 Å². The molecule has 0 spiro atoms. The lowest BCUT2D eigenvalue weighted by atomic mass is 10.00. The average Bonchev–Trinajstić information content (AvgIpc) is 2.50. The summed E-state index contributed by atoms with van der Waals surface area (Å²) in [6.45, 7) is 0. The molecule has 0 radical (unpaired) electrons. The minimum atomic E-state index is -0.932. The fraction of sp³-hybridized carbons (Fsp3) is 0.0556. The summed E-state index contributed by atoms with van der Waals surface area (Å²) < 4.78 is 26.0. The molecule has 0 saturated heterocycles. The fourth-order valence-electron chi connectivity index (χ4n) is 2.30. The zero-order valence-electron chi connectivity index (χ0n) is 11.1. The Labute approximate surface area is 120 Å². The summed E-state index contributed by atoms with van der Waals surface area (Å²) >= 11 is 0. The Morgan fingerprint density at radius 1 is 0.810 bits per heavy atom. The molecule has 0 unspecified atom stereocenters. The molecule has 0 amide bonds. The van der Waals surface area contributed by atoms with Crippen molar-refractivity contribution >= 4 is 16.6 Å². The van der Waals surface area contributed by atoms with Crippen LogP contribution < -0.4 is 0 Å². The first kappa shape index (κ1) is 13.4. The van der Waals surface area contributed by atoms with E-state index in [4.69, 9.17) is 0 Å². The van der Waals surface area contributed by atoms with Crippen molar-refractivity contribution in [3.63, 3.8) is 0 Å². The van der Waals surface area contributed by atoms with Crippen molar-refractivity contribution in [2.45, 2.75) is 6.42 Å². The van der Waals surface area contributed by atoms with Crippen LogP contribution in [0.25, 0.3) is 10.8 Å². The summed E-state index contributed by atoms with van der Waals surface area (Å²) in [6, 6.07) is 16.7. The highest BCUT2D eigenvalue weighted by atomic mass is 19.2. The molecule has 0 aliphatic rings. The maximum atomic E-state index is 13.2. The number of carbonyl (C=O) groups is 1. The van der Waals surface area contributed by atoms with Gasteiger partial charge in [-0.1, -0.05) is 42.5 Å². The van der Waals surface area contributed by atoms with E-state index in [1.54, 1.807) is 6.07 Å². The number of benzene rings is 3. The monoisotopic (exact) mass is 282 g/mol. The number of fused-ring (bicyclic) bond motifs is 1. The quantitative estimate of drug-likeness (QED) is 0.644. The summed E-state index contributed by atoms with van der Waals surface area (Å²) in [4.78, 5) is 12.2. The molecule has 3 aromatic carbocycles. The van der Waals surface area contributed by atoms with Crippen LogP contribution in [0.1, 0.15) is 15.9 Å². The van der Waals surface area contributed by atoms with Crippen LogP contribution in [0.4, 0.5) is 8.78 Å². The molecule has 104 valence electrons. The van der Waals surface area contributed by atoms with Crippen LogP contribution in [-0.2, 0) is 6.42 Å². The molecular weight excluding hydrogens is 270 g/mol. The highest BCUT2D eigenvalue weighted by molar-refractivity contribution is 6.01. The zero-order valence-corrected chi connectivity index (χ0v) is 11.1. The molecule has 0 heterocycles. The third kappa shape index (κ3) is 2.82. The van der Waals surface area contributed by atoms with E-state index in [2.05, 4.69) is 0 Å². The molecule has 21 heavy (non-hydrogen) atoms. The van der Waals surface area contributed by atoms with Gasteiger partial charge < -0.3 is 0 Å². The first-order valence-electron chi connectivity index (χ1n) is 6.59. The fourth-order valence-corrected chi connectivity index (χ4v) is 2.30. The minimum Gasteiger partial charge on any atom is -0.294 e. The van der Waals surface area contributed by atoms with Crippen LogP contribution in [0.2, 0.25) is 0 Å². The van der Waals surface area contributed by atoms with Gasteiger partial charge in [0.2, 0.25) is 0 Å². The van der Waals surface area contributed by atoms with E-state index in [9.17, 15) is 13.6 Å². The third-order valence-electron chi connectivity index (χ3n) is 3.42. The standard InChI is InChI=1S/C18H12F2O/c19-16-8-5-12(9-17(16)20)10-18(21)15-7-6-13-3-1-2-4-14(13)11-15/h1-9,11H,10H2. The van der Waals surface area contributed by atoms with Crippen LogP contribution in [0, 0.1) is 11.6 Å². The van der Waals surface area contributed by atoms with Gasteiger partial charge in [0, 0.05) is 12.0 Å². The molecule has 1 nitrogen and oxygen atoms in total. The van der Waals surface area contributed by atoms with Gasteiger partial charge in [-0.05, 0) is 34.5 Å². The van der Waals surface area contributed by atoms with Crippen LogP contribution >= 0.6 is 0 Å². The second-order valence-electron chi connectivity index (χ2n) is 4.91. The summed E-state index contributed by atoms with van der Waals surface area (Å²) in [5.74, 6) is -1.96. The smallest absolute Gasteiger partial charge is 0.167 e. The largest absolute Gasteiger partial charge is 0.294 e. The molecule has 0 saturated carbocycles.